The molecule has 1 aromatic heterocycles. The largest absolute Gasteiger partial charge is 0.424 e. The second kappa shape index (κ2) is 9.95. The number of carbonyl (C=O) groups is 2. The number of benzene rings is 1. The van der Waals surface area contributed by atoms with E-state index in [1.165, 1.54) is 6.42 Å². The number of hydrogen-bond donors (Lipinski definition) is 2. The Morgan fingerprint density at radius 2 is 2.03 bits per heavy atom. The van der Waals surface area contributed by atoms with Crippen LogP contribution in [0.3, 0.4) is 0 Å². The number of carbonyl (C=O) groups excluding carboxylic acids is 2. The number of amides is 3. The van der Waals surface area contributed by atoms with Crippen molar-refractivity contribution in [1.82, 2.24) is 14.1 Å². The molecular weight excluding hydrogens is 446 g/mol. The third-order valence-corrected chi connectivity index (χ3v) is 7.93. The molecule has 1 unspecified atom stereocenters. The van der Waals surface area contributed by atoms with Crippen LogP contribution in [-0.2, 0) is 11.3 Å². The van der Waals surface area contributed by atoms with Gasteiger partial charge in [0.2, 0.25) is 0 Å². The Bertz CT molecular complexity index is 963. The van der Waals surface area contributed by atoms with Gasteiger partial charge in [-0.1, -0.05) is 36.9 Å². The van der Waals surface area contributed by atoms with Crippen LogP contribution in [0.25, 0.3) is 11.3 Å². The van der Waals surface area contributed by atoms with Crippen LogP contribution in [-0.4, -0.2) is 43.8 Å². The van der Waals surface area contributed by atoms with Crippen molar-refractivity contribution in [3.63, 3.8) is 0 Å². The number of urea groups is 1. The lowest BCUT2D eigenvalue weighted by atomic mass is 9.83. The standard InChI is InChI=1S/C23H30ClN5O2S/c1-15-6-5-11-29(15,22(30)21(25)16-7-3-2-4-8-16)23(31)26-13-17-12-18(24)9-10-19(17)20-14-27-32-28-20/h9-10,12,14-16,21H,2-8,11,13,25H2,1H3/p+1/t15-,21-,29?/m1/s1. The van der Waals surface area contributed by atoms with E-state index in [1.807, 2.05) is 19.1 Å². The molecule has 0 bridgehead atoms. The Labute approximate surface area is 198 Å². The molecule has 4 rings (SSSR count). The first-order chi connectivity index (χ1) is 15.4. The van der Waals surface area contributed by atoms with Crippen LogP contribution in [0, 0.1) is 5.92 Å². The maximum Gasteiger partial charge on any atom is 0.424 e. The molecule has 9 heteroatoms. The lowest BCUT2D eigenvalue weighted by Crippen LogP contribution is -2.67. The lowest BCUT2D eigenvalue weighted by molar-refractivity contribution is -0.785. The van der Waals surface area contributed by atoms with Gasteiger partial charge in [-0.3, -0.25) is 0 Å². The molecule has 2 heterocycles. The number of nitrogens with two attached hydrogens (primary N) is 1. The van der Waals surface area contributed by atoms with Crippen LogP contribution < -0.4 is 11.1 Å². The Kier molecular flexibility index (Phi) is 7.24. The third-order valence-electron chi connectivity index (χ3n) is 7.22. The molecule has 1 aliphatic carbocycles. The summed E-state index contributed by atoms with van der Waals surface area (Å²) in [6, 6.07) is 4.55. The SMILES string of the molecule is C[C@@H]1CCC[N+]1(C(=O)NCc1cc(Cl)ccc1-c1cnsn1)C(=O)[C@H](N)C1CCCCC1. The summed E-state index contributed by atoms with van der Waals surface area (Å²) in [4.78, 5) is 27.3. The predicted molar refractivity (Wildman–Crippen MR) is 126 cm³/mol. The van der Waals surface area contributed by atoms with Gasteiger partial charge in [0.15, 0.2) is 0 Å². The normalized spacial score (nSPS) is 24.9. The van der Waals surface area contributed by atoms with Crippen LogP contribution in [0.2, 0.25) is 5.02 Å². The molecule has 1 saturated carbocycles. The smallest absolute Gasteiger partial charge is 0.316 e. The van der Waals surface area contributed by atoms with Crippen LogP contribution in [0.1, 0.15) is 57.4 Å². The maximum atomic E-state index is 13.7. The minimum absolute atomic E-state index is 0.0845. The highest BCUT2D eigenvalue weighted by Crippen LogP contribution is 2.33. The van der Waals surface area contributed by atoms with E-state index in [1.54, 1.807) is 12.3 Å². The Morgan fingerprint density at radius 1 is 1.25 bits per heavy atom. The summed E-state index contributed by atoms with van der Waals surface area (Å²) in [5, 5.41) is 3.61. The van der Waals surface area contributed by atoms with Gasteiger partial charge < -0.3 is 11.1 Å². The number of likely N-dealkylation sites (tertiary alicyclic amines) is 1. The second-order valence-corrected chi connectivity index (χ2v) is 10.1. The monoisotopic (exact) mass is 476 g/mol. The van der Waals surface area contributed by atoms with E-state index in [4.69, 9.17) is 17.3 Å². The van der Waals surface area contributed by atoms with Gasteiger partial charge in [-0.2, -0.15) is 13.2 Å². The van der Waals surface area contributed by atoms with Gasteiger partial charge >= 0.3 is 11.9 Å². The number of halogens is 1. The number of rotatable bonds is 5. The van der Waals surface area contributed by atoms with Gasteiger partial charge in [0, 0.05) is 30.0 Å². The Hall–Kier alpha value is -1.87. The van der Waals surface area contributed by atoms with Crippen molar-refractivity contribution in [3.8, 4) is 11.3 Å². The molecule has 3 amide bonds. The van der Waals surface area contributed by atoms with E-state index in [-0.39, 0.29) is 34.9 Å². The van der Waals surface area contributed by atoms with Gasteiger partial charge in [0.1, 0.15) is 17.8 Å². The highest BCUT2D eigenvalue weighted by Gasteiger charge is 2.55. The van der Waals surface area contributed by atoms with E-state index >= 15 is 0 Å². The lowest BCUT2D eigenvalue weighted by Gasteiger charge is -2.37. The first-order valence-electron chi connectivity index (χ1n) is 11.5. The summed E-state index contributed by atoms with van der Waals surface area (Å²) in [6.45, 7) is 2.75. The molecule has 7 nitrogen and oxygen atoms in total. The quantitative estimate of drug-likeness (QED) is 0.619. The molecule has 32 heavy (non-hydrogen) atoms. The van der Waals surface area contributed by atoms with Crippen molar-refractivity contribution in [3.05, 3.63) is 35.0 Å². The highest BCUT2D eigenvalue weighted by atomic mass is 35.5. The van der Waals surface area contributed by atoms with Gasteiger partial charge in [-0.05, 0) is 43.4 Å². The Balaban J connectivity index is 1.55. The molecule has 1 aromatic carbocycles. The summed E-state index contributed by atoms with van der Waals surface area (Å²) < 4.78 is 8.18. The van der Waals surface area contributed by atoms with E-state index in [9.17, 15) is 9.59 Å². The van der Waals surface area contributed by atoms with Crippen molar-refractivity contribution in [2.75, 3.05) is 6.54 Å². The average Bonchev–Trinajstić information content (AvgIpc) is 3.47. The molecule has 2 aromatic rings. The first kappa shape index (κ1) is 23.3. The zero-order chi connectivity index (χ0) is 22.7. The topological polar surface area (TPSA) is 98.0 Å². The predicted octanol–water partition coefficient (Wildman–Crippen LogP) is 4.50. The van der Waals surface area contributed by atoms with Gasteiger partial charge in [0.05, 0.1) is 24.5 Å². The minimum Gasteiger partial charge on any atom is -0.316 e. The number of nitrogens with one attached hydrogen (secondary N) is 1. The zero-order valence-corrected chi connectivity index (χ0v) is 20.0. The summed E-state index contributed by atoms with van der Waals surface area (Å²) in [5.41, 5.74) is 8.95. The summed E-state index contributed by atoms with van der Waals surface area (Å²) in [5.74, 6) is 0.0398. The van der Waals surface area contributed by atoms with Crippen LogP contribution in [0.15, 0.2) is 24.4 Å². The maximum absolute atomic E-state index is 13.7. The molecule has 0 spiro atoms. The molecule has 3 N–H and O–H groups in total. The first-order valence-corrected chi connectivity index (χ1v) is 12.6. The fourth-order valence-electron chi connectivity index (χ4n) is 5.32. The second-order valence-electron chi connectivity index (χ2n) is 9.10. The zero-order valence-electron chi connectivity index (χ0n) is 18.4. The number of aromatic nitrogens is 2. The fraction of sp³-hybridized carbons (Fsp3) is 0.565. The van der Waals surface area contributed by atoms with Crippen molar-refractivity contribution >= 4 is 35.3 Å². The number of hydrogen-bond acceptors (Lipinski definition) is 6. The van der Waals surface area contributed by atoms with E-state index in [0.29, 0.717) is 11.6 Å². The van der Waals surface area contributed by atoms with Crippen LogP contribution in [0.4, 0.5) is 4.79 Å². The molecule has 1 aliphatic heterocycles. The van der Waals surface area contributed by atoms with E-state index < -0.39 is 6.04 Å². The molecular formula is C23H31ClN5O2S+. The minimum atomic E-state index is -0.593. The molecule has 2 aliphatic rings. The van der Waals surface area contributed by atoms with Crippen molar-refractivity contribution < 1.29 is 14.1 Å². The van der Waals surface area contributed by atoms with Gasteiger partial charge in [-0.15, -0.1) is 0 Å². The number of quaternary nitrogens is 1. The third kappa shape index (κ3) is 4.46. The van der Waals surface area contributed by atoms with Crippen LogP contribution >= 0.6 is 23.3 Å². The molecule has 2 fully saturated rings. The van der Waals surface area contributed by atoms with E-state index in [2.05, 4.69) is 14.1 Å². The average molecular weight is 477 g/mol. The fourth-order valence-corrected chi connectivity index (χ4v) is 5.94. The summed E-state index contributed by atoms with van der Waals surface area (Å²) in [7, 11) is 0. The van der Waals surface area contributed by atoms with Gasteiger partial charge in [-0.25, -0.2) is 9.59 Å². The molecule has 172 valence electrons. The number of nitrogens with zero attached hydrogens (tertiary/aromatic N) is 3. The molecule has 1 saturated heterocycles. The molecule has 0 radical (unpaired) electrons. The Morgan fingerprint density at radius 3 is 2.69 bits per heavy atom. The highest BCUT2D eigenvalue weighted by molar-refractivity contribution is 6.99. The van der Waals surface area contributed by atoms with Crippen molar-refractivity contribution in [1.29, 1.82) is 0 Å². The number of imide groups is 1. The van der Waals surface area contributed by atoms with Crippen LogP contribution in [0.5, 0.6) is 0 Å². The van der Waals surface area contributed by atoms with Crippen molar-refractivity contribution in [2.24, 2.45) is 11.7 Å². The van der Waals surface area contributed by atoms with Gasteiger partial charge in [0.25, 0.3) is 0 Å². The van der Waals surface area contributed by atoms with E-state index in [0.717, 1.165) is 67.1 Å². The van der Waals surface area contributed by atoms with Crippen molar-refractivity contribution in [2.45, 2.75) is 70.5 Å². The summed E-state index contributed by atoms with van der Waals surface area (Å²) in [6.07, 6.45) is 8.72. The summed E-state index contributed by atoms with van der Waals surface area (Å²) >= 11 is 7.36. The molecule has 3 atom stereocenters.